The molecule has 0 radical (unpaired) electrons. The van der Waals surface area contributed by atoms with Crippen LogP contribution in [-0.4, -0.2) is 0 Å². The molecule has 0 spiro atoms. The van der Waals surface area contributed by atoms with E-state index in [9.17, 15) is 0 Å². The highest BCUT2D eigenvalue weighted by atomic mass is 32.1. The zero-order valence-electron chi connectivity index (χ0n) is 20.8. The Bertz CT molecular complexity index is 2350. The van der Waals surface area contributed by atoms with Crippen molar-refractivity contribution in [3.63, 3.8) is 0 Å². The van der Waals surface area contributed by atoms with E-state index in [2.05, 4.69) is 103 Å². The van der Waals surface area contributed by atoms with Crippen molar-refractivity contribution in [3.05, 3.63) is 121 Å². The molecule has 0 amide bonds. The topological polar surface area (TPSA) is 13.1 Å². The molecule has 0 unspecified atom stereocenters. The van der Waals surface area contributed by atoms with Gasteiger partial charge in [-0.25, -0.2) is 0 Å². The Labute approximate surface area is 232 Å². The van der Waals surface area contributed by atoms with Gasteiger partial charge < -0.3 is 4.42 Å². The van der Waals surface area contributed by atoms with Gasteiger partial charge in [-0.1, -0.05) is 78.9 Å². The number of furan rings is 1. The van der Waals surface area contributed by atoms with E-state index in [-0.39, 0.29) is 0 Å². The summed E-state index contributed by atoms with van der Waals surface area (Å²) in [5.74, 6) is 0.904. The van der Waals surface area contributed by atoms with Gasteiger partial charge in [0.2, 0.25) is 0 Å². The van der Waals surface area contributed by atoms with Crippen molar-refractivity contribution in [2.75, 3.05) is 0 Å². The lowest BCUT2D eigenvalue weighted by molar-refractivity contribution is 0.631. The molecule has 0 N–H and O–H groups in total. The van der Waals surface area contributed by atoms with Crippen molar-refractivity contribution in [2.45, 2.75) is 0 Å². The van der Waals surface area contributed by atoms with Crippen LogP contribution in [0.1, 0.15) is 0 Å². The largest absolute Gasteiger partial charge is 0.456 e. The molecule has 0 aliphatic carbocycles. The minimum atomic E-state index is 0.904. The van der Waals surface area contributed by atoms with Crippen molar-refractivity contribution in [2.24, 2.45) is 0 Å². The zero-order chi connectivity index (χ0) is 25.5. The van der Waals surface area contributed by atoms with Crippen molar-refractivity contribution >= 4 is 84.8 Å². The zero-order valence-corrected chi connectivity index (χ0v) is 22.4. The highest BCUT2D eigenvalue weighted by Gasteiger charge is 2.14. The summed E-state index contributed by atoms with van der Waals surface area (Å²) in [5.41, 5.74) is 4.46. The van der Waals surface area contributed by atoms with E-state index < -0.39 is 0 Å². The van der Waals surface area contributed by atoms with E-state index >= 15 is 0 Å². The SMILES string of the molecule is c1ccc2cc3c(cc2c1)sc1c2cc4ccc(-c5ccc(-c6cc7ccccc7o6)cc5)cc4cc2sc31. The molecule has 0 saturated carbocycles. The second-order valence-electron chi connectivity index (χ2n) is 10.2. The highest BCUT2D eigenvalue weighted by molar-refractivity contribution is 7.36. The number of rotatable bonds is 2. The molecule has 1 nitrogen and oxygen atoms in total. The van der Waals surface area contributed by atoms with Gasteiger partial charge >= 0.3 is 0 Å². The molecule has 0 bridgehead atoms. The van der Waals surface area contributed by atoms with E-state index in [1.165, 1.54) is 62.2 Å². The molecule has 3 heteroatoms. The molecule has 0 aliphatic heterocycles. The fourth-order valence-electron chi connectivity index (χ4n) is 5.82. The molecule has 0 aliphatic rings. The Morgan fingerprint density at radius 2 is 0.974 bits per heavy atom. The summed E-state index contributed by atoms with van der Waals surface area (Å²) < 4.78 is 11.6. The number of hydrogen-bond acceptors (Lipinski definition) is 3. The Morgan fingerprint density at radius 1 is 0.410 bits per heavy atom. The van der Waals surface area contributed by atoms with Crippen LogP contribution in [0.2, 0.25) is 0 Å². The Morgan fingerprint density at radius 3 is 1.69 bits per heavy atom. The first-order valence-electron chi connectivity index (χ1n) is 13.1. The van der Waals surface area contributed by atoms with E-state index in [0.29, 0.717) is 0 Å². The maximum Gasteiger partial charge on any atom is 0.135 e. The van der Waals surface area contributed by atoms with Gasteiger partial charge in [-0.2, -0.15) is 0 Å². The van der Waals surface area contributed by atoms with Crippen LogP contribution in [0.4, 0.5) is 0 Å². The minimum Gasteiger partial charge on any atom is -0.456 e. The van der Waals surface area contributed by atoms with E-state index in [1.54, 1.807) is 0 Å². The van der Waals surface area contributed by atoms with Crippen molar-refractivity contribution < 1.29 is 4.42 Å². The van der Waals surface area contributed by atoms with Gasteiger partial charge in [-0.3, -0.25) is 0 Å². The van der Waals surface area contributed by atoms with Crippen LogP contribution in [0.3, 0.4) is 0 Å². The van der Waals surface area contributed by atoms with E-state index in [0.717, 1.165) is 22.3 Å². The average Bonchev–Trinajstić information content (AvgIpc) is 3.66. The summed E-state index contributed by atoms with van der Waals surface area (Å²) in [6.45, 7) is 0. The standard InChI is InChI=1S/C36H20OS2/c1-2-6-24-19-33-29(16-23(24)5-1)35-36(38-33)30-17-26-14-13-25(15-28(26)20-34(30)39-35)21-9-11-22(12-10-21)32-18-27-7-3-4-8-31(27)37-32/h1-20H. The van der Waals surface area contributed by atoms with Crippen LogP contribution in [-0.2, 0) is 0 Å². The first-order valence-corrected chi connectivity index (χ1v) is 14.7. The third kappa shape index (κ3) is 3.31. The predicted octanol–water partition coefficient (Wildman–Crippen LogP) is 11.7. The molecule has 9 aromatic rings. The number of hydrogen-bond donors (Lipinski definition) is 0. The summed E-state index contributed by atoms with van der Waals surface area (Å²) in [7, 11) is 0. The van der Waals surface area contributed by atoms with Gasteiger partial charge in [0.1, 0.15) is 11.3 Å². The molecule has 3 aromatic heterocycles. The molecule has 39 heavy (non-hydrogen) atoms. The summed E-state index contributed by atoms with van der Waals surface area (Å²) in [6, 6.07) is 43.9. The van der Waals surface area contributed by atoms with Crippen LogP contribution >= 0.6 is 22.7 Å². The molecular formula is C36H20OS2. The van der Waals surface area contributed by atoms with Crippen molar-refractivity contribution in [1.82, 2.24) is 0 Å². The van der Waals surface area contributed by atoms with Gasteiger partial charge in [-0.05, 0) is 75.1 Å². The minimum absolute atomic E-state index is 0.904. The van der Waals surface area contributed by atoms with E-state index in [4.69, 9.17) is 4.42 Å². The quantitative estimate of drug-likeness (QED) is 0.216. The lowest BCUT2D eigenvalue weighted by Crippen LogP contribution is -1.80. The lowest BCUT2D eigenvalue weighted by Gasteiger charge is -2.06. The molecule has 0 saturated heterocycles. The van der Waals surface area contributed by atoms with E-state index in [1.807, 2.05) is 40.9 Å². The third-order valence-electron chi connectivity index (χ3n) is 7.83. The molecule has 0 atom stereocenters. The monoisotopic (exact) mass is 532 g/mol. The van der Waals surface area contributed by atoms with Crippen LogP contribution in [0.15, 0.2) is 126 Å². The van der Waals surface area contributed by atoms with Crippen LogP contribution < -0.4 is 0 Å². The van der Waals surface area contributed by atoms with Crippen LogP contribution in [0, 0.1) is 0 Å². The molecule has 6 aromatic carbocycles. The van der Waals surface area contributed by atoms with Crippen molar-refractivity contribution in [1.29, 1.82) is 0 Å². The van der Waals surface area contributed by atoms with Gasteiger partial charge in [0, 0.05) is 31.1 Å². The molecule has 9 rings (SSSR count). The lowest BCUT2D eigenvalue weighted by atomic mass is 9.99. The maximum atomic E-state index is 6.07. The maximum absolute atomic E-state index is 6.07. The normalized spacial score (nSPS) is 12.1. The fourth-order valence-corrected chi connectivity index (χ4v) is 8.51. The second kappa shape index (κ2) is 8.03. The third-order valence-corrected chi connectivity index (χ3v) is 10.3. The number of fused-ring (bicyclic) bond motifs is 8. The molecule has 182 valence electrons. The summed E-state index contributed by atoms with van der Waals surface area (Å²) in [4.78, 5) is 0. The Hall–Kier alpha value is -4.44. The molecule has 0 fully saturated rings. The Balaban J connectivity index is 1.13. The summed E-state index contributed by atoms with van der Waals surface area (Å²) in [5, 5.41) is 9.07. The first kappa shape index (κ1) is 21.5. The highest BCUT2D eigenvalue weighted by Crippen LogP contribution is 2.46. The Kier molecular flexibility index (Phi) is 4.43. The number of thiophene rings is 2. The van der Waals surface area contributed by atoms with Gasteiger partial charge in [0.05, 0.1) is 9.40 Å². The number of para-hydroxylation sites is 1. The van der Waals surface area contributed by atoms with Gasteiger partial charge in [0.15, 0.2) is 0 Å². The van der Waals surface area contributed by atoms with Gasteiger partial charge in [0.25, 0.3) is 0 Å². The summed E-state index contributed by atoms with van der Waals surface area (Å²) in [6.07, 6.45) is 0. The average molecular weight is 533 g/mol. The number of benzene rings is 6. The van der Waals surface area contributed by atoms with Crippen LogP contribution in [0.5, 0.6) is 0 Å². The van der Waals surface area contributed by atoms with Gasteiger partial charge in [-0.15, -0.1) is 22.7 Å². The smallest absolute Gasteiger partial charge is 0.135 e. The predicted molar refractivity (Wildman–Crippen MR) is 170 cm³/mol. The second-order valence-corrected chi connectivity index (χ2v) is 12.3. The molecular weight excluding hydrogens is 513 g/mol. The molecule has 3 heterocycles. The fraction of sp³-hybridized carbons (Fsp3) is 0. The van der Waals surface area contributed by atoms with Crippen molar-refractivity contribution in [3.8, 4) is 22.5 Å². The van der Waals surface area contributed by atoms with Crippen LogP contribution in [0.25, 0.3) is 84.5 Å². The first-order chi connectivity index (χ1) is 19.3. The summed E-state index contributed by atoms with van der Waals surface area (Å²) >= 11 is 3.85.